The summed E-state index contributed by atoms with van der Waals surface area (Å²) in [6, 6.07) is 17.6. The number of rotatable bonds is 3. The van der Waals surface area contributed by atoms with Gasteiger partial charge in [-0.1, -0.05) is 41.4 Å². The first kappa shape index (κ1) is 18.2. The van der Waals surface area contributed by atoms with Gasteiger partial charge in [-0.05, 0) is 48.5 Å². The Hall–Kier alpha value is -3.15. The first-order valence-corrected chi connectivity index (χ1v) is 9.05. The van der Waals surface area contributed by atoms with Gasteiger partial charge in [0, 0.05) is 10.6 Å². The van der Waals surface area contributed by atoms with Crippen LogP contribution in [0, 0.1) is 0 Å². The number of hydrogen-bond donors (Lipinski definition) is 1. The molecule has 0 saturated carbocycles. The molecule has 5 nitrogen and oxygen atoms in total. The van der Waals surface area contributed by atoms with Crippen LogP contribution in [0.15, 0.2) is 66.7 Å². The maximum atomic E-state index is 12.6. The summed E-state index contributed by atoms with van der Waals surface area (Å²) >= 11 is 12.0. The highest BCUT2D eigenvalue weighted by Gasteiger charge is 2.36. The molecule has 3 aromatic rings. The van der Waals surface area contributed by atoms with Gasteiger partial charge in [-0.25, -0.2) is 4.90 Å². The smallest absolute Gasteiger partial charge is 0.266 e. The molecule has 28 heavy (non-hydrogen) atoms. The van der Waals surface area contributed by atoms with E-state index in [2.05, 4.69) is 5.32 Å². The molecule has 0 saturated heterocycles. The first-order chi connectivity index (χ1) is 13.5. The van der Waals surface area contributed by atoms with Gasteiger partial charge in [0.25, 0.3) is 17.7 Å². The van der Waals surface area contributed by atoms with Gasteiger partial charge in [-0.15, -0.1) is 0 Å². The summed E-state index contributed by atoms with van der Waals surface area (Å²) in [5.41, 5.74) is 1.69. The zero-order chi connectivity index (χ0) is 19.8. The molecule has 3 aromatic carbocycles. The molecule has 0 radical (unpaired) electrons. The average Bonchev–Trinajstić information content (AvgIpc) is 2.95. The van der Waals surface area contributed by atoms with Crippen molar-refractivity contribution in [2.75, 3.05) is 10.2 Å². The molecule has 4 rings (SSSR count). The third-order valence-corrected chi connectivity index (χ3v) is 4.89. The number of hydrogen-bond acceptors (Lipinski definition) is 3. The van der Waals surface area contributed by atoms with Crippen LogP contribution in [-0.4, -0.2) is 17.7 Å². The van der Waals surface area contributed by atoms with Crippen LogP contribution < -0.4 is 10.2 Å². The fraction of sp³-hybridized carbons (Fsp3) is 0. The molecule has 1 heterocycles. The number of fused-ring (bicyclic) bond motifs is 1. The summed E-state index contributed by atoms with van der Waals surface area (Å²) in [5.74, 6) is -1.26. The number of anilines is 2. The molecule has 1 aliphatic heterocycles. The minimum atomic E-state index is -0.428. The number of nitrogens with zero attached hydrogens (tertiary/aromatic N) is 1. The van der Waals surface area contributed by atoms with Crippen LogP contribution in [0.4, 0.5) is 11.4 Å². The highest BCUT2D eigenvalue weighted by molar-refractivity contribution is 6.37. The van der Waals surface area contributed by atoms with Gasteiger partial charge in [-0.3, -0.25) is 14.4 Å². The highest BCUT2D eigenvalue weighted by Crippen LogP contribution is 2.30. The molecule has 0 aromatic heterocycles. The minimum Gasteiger partial charge on any atom is -0.321 e. The van der Waals surface area contributed by atoms with Gasteiger partial charge in [0.15, 0.2) is 0 Å². The maximum Gasteiger partial charge on any atom is 0.266 e. The molecular formula is C21H12Cl2N2O3. The van der Waals surface area contributed by atoms with E-state index >= 15 is 0 Å². The van der Waals surface area contributed by atoms with Crippen molar-refractivity contribution in [2.24, 2.45) is 0 Å². The van der Waals surface area contributed by atoms with Gasteiger partial charge in [0.05, 0.1) is 27.5 Å². The molecule has 0 unspecified atom stereocenters. The molecular weight excluding hydrogens is 399 g/mol. The number of amides is 3. The van der Waals surface area contributed by atoms with Crippen molar-refractivity contribution in [3.8, 4) is 0 Å². The Morgan fingerprint density at radius 3 is 2.14 bits per heavy atom. The normalized spacial score (nSPS) is 12.9. The van der Waals surface area contributed by atoms with Crippen molar-refractivity contribution in [3.05, 3.63) is 93.5 Å². The van der Waals surface area contributed by atoms with E-state index in [1.54, 1.807) is 54.6 Å². The van der Waals surface area contributed by atoms with E-state index in [4.69, 9.17) is 23.2 Å². The van der Waals surface area contributed by atoms with Gasteiger partial charge in [-0.2, -0.15) is 0 Å². The monoisotopic (exact) mass is 410 g/mol. The lowest BCUT2D eigenvalue weighted by molar-refractivity contribution is 0.0924. The number of benzene rings is 3. The van der Waals surface area contributed by atoms with E-state index in [1.807, 2.05) is 0 Å². The van der Waals surface area contributed by atoms with Gasteiger partial charge in [0.2, 0.25) is 0 Å². The van der Waals surface area contributed by atoms with Crippen LogP contribution in [-0.2, 0) is 0 Å². The summed E-state index contributed by atoms with van der Waals surface area (Å²) in [6.07, 6.45) is 0. The molecule has 7 heteroatoms. The maximum absolute atomic E-state index is 12.6. The summed E-state index contributed by atoms with van der Waals surface area (Å²) in [5, 5.41) is 3.45. The van der Waals surface area contributed by atoms with Crippen molar-refractivity contribution >= 4 is 52.3 Å². The SMILES string of the molecule is O=C(Nc1ccc(Cl)cc1Cl)c1cccc(N2C(=O)c3ccccc3C2=O)c1. The molecule has 138 valence electrons. The van der Waals surface area contributed by atoms with Crippen LogP contribution in [0.5, 0.6) is 0 Å². The predicted octanol–water partition coefficient (Wildman–Crippen LogP) is 5.05. The standard InChI is InChI=1S/C21H12Cl2N2O3/c22-13-8-9-18(17(23)11-13)24-19(26)12-4-3-5-14(10-12)25-20(27)15-6-1-2-7-16(15)21(25)28/h1-11H,(H,24,26). The van der Waals surface area contributed by atoms with Crippen molar-refractivity contribution in [2.45, 2.75) is 0 Å². The lowest BCUT2D eigenvalue weighted by Crippen LogP contribution is -2.29. The number of carbonyl (C=O) groups is 3. The fourth-order valence-electron chi connectivity index (χ4n) is 3.00. The molecule has 0 atom stereocenters. The Labute approximate surface area is 170 Å². The van der Waals surface area contributed by atoms with Gasteiger partial charge in [0.1, 0.15) is 0 Å². The van der Waals surface area contributed by atoms with E-state index in [1.165, 1.54) is 12.1 Å². The van der Waals surface area contributed by atoms with Crippen molar-refractivity contribution < 1.29 is 14.4 Å². The Kier molecular flexibility index (Phi) is 4.63. The van der Waals surface area contributed by atoms with Gasteiger partial charge >= 0.3 is 0 Å². The minimum absolute atomic E-state index is 0.278. The second kappa shape index (κ2) is 7.11. The number of imide groups is 1. The third-order valence-electron chi connectivity index (χ3n) is 4.34. The van der Waals surface area contributed by atoms with Gasteiger partial charge < -0.3 is 5.32 Å². The van der Waals surface area contributed by atoms with Crippen LogP contribution >= 0.6 is 23.2 Å². The fourth-order valence-corrected chi connectivity index (χ4v) is 3.45. The first-order valence-electron chi connectivity index (χ1n) is 8.30. The number of halogens is 2. The molecule has 0 spiro atoms. The van der Waals surface area contributed by atoms with Crippen molar-refractivity contribution in [3.63, 3.8) is 0 Å². The average molecular weight is 411 g/mol. The Morgan fingerprint density at radius 1 is 0.821 bits per heavy atom. The van der Waals surface area contributed by atoms with E-state index in [0.717, 1.165) is 4.90 Å². The van der Waals surface area contributed by atoms with Crippen LogP contribution in [0.3, 0.4) is 0 Å². The van der Waals surface area contributed by atoms with Crippen LogP contribution in [0.1, 0.15) is 31.1 Å². The van der Waals surface area contributed by atoms with E-state index in [0.29, 0.717) is 32.5 Å². The largest absolute Gasteiger partial charge is 0.321 e. The van der Waals surface area contributed by atoms with Crippen molar-refractivity contribution in [1.29, 1.82) is 0 Å². The molecule has 0 fully saturated rings. The van der Waals surface area contributed by atoms with Crippen LogP contribution in [0.2, 0.25) is 10.0 Å². The second-order valence-electron chi connectivity index (χ2n) is 6.12. The van der Waals surface area contributed by atoms with E-state index in [-0.39, 0.29) is 5.56 Å². The molecule has 1 N–H and O–H groups in total. The molecule has 0 bridgehead atoms. The molecule has 0 aliphatic carbocycles. The zero-order valence-corrected chi connectivity index (χ0v) is 15.8. The lowest BCUT2D eigenvalue weighted by Gasteiger charge is -2.15. The second-order valence-corrected chi connectivity index (χ2v) is 6.96. The quantitative estimate of drug-likeness (QED) is 0.614. The lowest BCUT2D eigenvalue weighted by atomic mass is 10.1. The summed E-state index contributed by atoms with van der Waals surface area (Å²) < 4.78 is 0. The number of carbonyl (C=O) groups excluding carboxylic acids is 3. The molecule has 3 amide bonds. The third kappa shape index (κ3) is 3.15. The Balaban J connectivity index is 1.63. The summed E-state index contributed by atoms with van der Waals surface area (Å²) in [7, 11) is 0. The Bertz CT molecular complexity index is 1110. The summed E-state index contributed by atoms with van der Waals surface area (Å²) in [4.78, 5) is 38.9. The Morgan fingerprint density at radius 2 is 1.50 bits per heavy atom. The van der Waals surface area contributed by atoms with E-state index in [9.17, 15) is 14.4 Å². The summed E-state index contributed by atoms with van der Waals surface area (Å²) in [6.45, 7) is 0. The topological polar surface area (TPSA) is 66.5 Å². The van der Waals surface area contributed by atoms with Crippen molar-refractivity contribution in [1.82, 2.24) is 0 Å². The highest BCUT2D eigenvalue weighted by atomic mass is 35.5. The molecule has 1 aliphatic rings. The zero-order valence-electron chi connectivity index (χ0n) is 14.3. The number of nitrogens with one attached hydrogen (secondary N) is 1. The van der Waals surface area contributed by atoms with Crippen LogP contribution in [0.25, 0.3) is 0 Å². The van der Waals surface area contributed by atoms with E-state index < -0.39 is 17.7 Å². The predicted molar refractivity (Wildman–Crippen MR) is 108 cm³/mol.